The van der Waals surface area contributed by atoms with Gasteiger partial charge in [0, 0.05) is 24.3 Å². The zero-order valence-corrected chi connectivity index (χ0v) is 29.1. The fourth-order valence-corrected chi connectivity index (χ4v) is 5.52. The van der Waals surface area contributed by atoms with Crippen LogP contribution in [0.5, 0.6) is 0 Å². The number of fused-ring (bicyclic) bond motifs is 1. The monoisotopic (exact) mass is 676 g/mol. The molecule has 3 atom stereocenters. The van der Waals surface area contributed by atoms with Crippen LogP contribution in [0.4, 0.5) is 0 Å². The minimum Gasteiger partial charge on any atom is -0.354 e. The zero-order valence-electron chi connectivity index (χ0n) is 29.1. The summed E-state index contributed by atoms with van der Waals surface area (Å²) >= 11 is 0. The van der Waals surface area contributed by atoms with Gasteiger partial charge < -0.3 is 26.2 Å². The lowest BCUT2D eigenvalue weighted by Gasteiger charge is -2.25. The number of rotatable bonds is 6. The van der Waals surface area contributed by atoms with E-state index in [4.69, 9.17) is 0 Å². The minimum absolute atomic E-state index is 0.0533. The lowest BCUT2D eigenvalue weighted by molar-refractivity contribution is -0.132. The van der Waals surface area contributed by atoms with Crippen molar-refractivity contribution in [3.63, 3.8) is 0 Å². The van der Waals surface area contributed by atoms with Crippen molar-refractivity contribution in [2.75, 3.05) is 19.6 Å². The van der Waals surface area contributed by atoms with Crippen LogP contribution in [0.1, 0.15) is 82.4 Å². The molecule has 4 rings (SSSR count). The van der Waals surface area contributed by atoms with Crippen molar-refractivity contribution in [1.29, 1.82) is 0 Å². The standard InChI is InChI=1S/C34H48N10O5/c1-20(2)15-25-17-27(41-40-25)34(49)43-14-10-13-35-28(45)19-44-31(39-30(42-44)24-11-8-7-9-12-24)22(5)37-33(48)26(16-21(3)4)38-32(47)23(6)36-29(46)18-43/h7-9,11-12,17,20-23,26H,10,13-16,18-19H2,1-6H3,(H,35,45)(H,36,46)(H,37,48)(H,38,47)(H,40,41)/t22-,23+,26+/m0/s1. The van der Waals surface area contributed by atoms with Gasteiger partial charge in [-0.15, -0.1) is 0 Å². The van der Waals surface area contributed by atoms with E-state index in [1.54, 1.807) is 13.0 Å². The molecular formula is C34H48N10O5. The molecule has 264 valence electrons. The molecule has 5 N–H and O–H groups in total. The molecule has 15 heteroatoms. The van der Waals surface area contributed by atoms with Crippen molar-refractivity contribution in [3.05, 3.63) is 53.6 Å². The minimum atomic E-state index is -0.995. The third-order valence-electron chi connectivity index (χ3n) is 7.91. The van der Waals surface area contributed by atoms with E-state index < -0.39 is 41.8 Å². The molecule has 2 aromatic heterocycles. The number of carbonyl (C=O) groups is 5. The Morgan fingerprint density at radius 1 is 0.898 bits per heavy atom. The molecule has 15 nitrogen and oxygen atoms in total. The van der Waals surface area contributed by atoms with E-state index in [0.717, 1.165) is 11.3 Å². The molecule has 1 aromatic carbocycles. The Morgan fingerprint density at radius 2 is 1.63 bits per heavy atom. The van der Waals surface area contributed by atoms with Crippen LogP contribution in [-0.4, -0.2) is 91.1 Å². The van der Waals surface area contributed by atoms with Crippen LogP contribution in [0.3, 0.4) is 0 Å². The average molecular weight is 677 g/mol. The Balaban J connectivity index is 1.62. The number of nitrogens with one attached hydrogen (secondary N) is 5. The quantitative estimate of drug-likeness (QED) is 0.260. The molecule has 1 aliphatic heterocycles. The van der Waals surface area contributed by atoms with E-state index in [1.165, 1.54) is 16.5 Å². The van der Waals surface area contributed by atoms with Crippen LogP contribution in [0.2, 0.25) is 0 Å². The third-order valence-corrected chi connectivity index (χ3v) is 7.91. The fraction of sp³-hybridized carbons (Fsp3) is 0.529. The molecule has 5 amide bonds. The molecule has 0 radical (unpaired) electrons. The smallest absolute Gasteiger partial charge is 0.274 e. The summed E-state index contributed by atoms with van der Waals surface area (Å²) in [5, 5.41) is 22.9. The Hall–Kier alpha value is -5.08. The molecule has 0 saturated carbocycles. The van der Waals surface area contributed by atoms with E-state index in [9.17, 15) is 24.0 Å². The van der Waals surface area contributed by atoms with Gasteiger partial charge in [0.15, 0.2) is 5.82 Å². The summed E-state index contributed by atoms with van der Waals surface area (Å²) in [6.45, 7) is 11.1. The van der Waals surface area contributed by atoms with Gasteiger partial charge in [-0.2, -0.15) is 10.2 Å². The zero-order chi connectivity index (χ0) is 35.7. The predicted molar refractivity (Wildman–Crippen MR) is 182 cm³/mol. The Kier molecular flexibility index (Phi) is 12.6. The first-order chi connectivity index (χ1) is 23.3. The second-order valence-corrected chi connectivity index (χ2v) is 13.3. The molecule has 49 heavy (non-hydrogen) atoms. The van der Waals surface area contributed by atoms with Crippen LogP contribution in [0.15, 0.2) is 36.4 Å². The normalized spacial score (nSPS) is 20.4. The van der Waals surface area contributed by atoms with Crippen LogP contribution in [0.25, 0.3) is 11.4 Å². The van der Waals surface area contributed by atoms with Gasteiger partial charge in [-0.1, -0.05) is 58.0 Å². The maximum absolute atomic E-state index is 13.6. The number of carbonyl (C=O) groups excluding carboxylic acids is 5. The summed E-state index contributed by atoms with van der Waals surface area (Å²) in [7, 11) is 0. The first kappa shape index (κ1) is 36.8. The van der Waals surface area contributed by atoms with Crippen LogP contribution in [0, 0.1) is 11.8 Å². The highest BCUT2D eigenvalue weighted by Crippen LogP contribution is 2.19. The van der Waals surface area contributed by atoms with Gasteiger partial charge >= 0.3 is 0 Å². The van der Waals surface area contributed by atoms with E-state index >= 15 is 0 Å². The van der Waals surface area contributed by atoms with E-state index in [-0.39, 0.29) is 43.7 Å². The highest BCUT2D eigenvalue weighted by Gasteiger charge is 2.29. The number of hydrogen-bond acceptors (Lipinski definition) is 8. The van der Waals surface area contributed by atoms with Gasteiger partial charge in [-0.05, 0) is 51.0 Å². The molecule has 0 bridgehead atoms. The highest BCUT2D eigenvalue weighted by molar-refractivity contribution is 5.96. The fourth-order valence-electron chi connectivity index (χ4n) is 5.52. The lowest BCUT2D eigenvalue weighted by atomic mass is 10.0. The topological polar surface area (TPSA) is 196 Å². The Bertz CT molecular complexity index is 1620. The first-order valence-electron chi connectivity index (χ1n) is 16.8. The summed E-state index contributed by atoms with van der Waals surface area (Å²) in [4.78, 5) is 72.7. The van der Waals surface area contributed by atoms with Gasteiger partial charge in [-0.25, -0.2) is 9.67 Å². The maximum atomic E-state index is 13.6. The second kappa shape index (κ2) is 16.8. The molecular weight excluding hydrogens is 628 g/mol. The van der Waals surface area contributed by atoms with Crippen molar-refractivity contribution in [1.82, 2.24) is 51.1 Å². The van der Waals surface area contributed by atoms with Crippen LogP contribution in [-0.2, 0) is 32.1 Å². The first-order valence-corrected chi connectivity index (χ1v) is 16.8. The molecule has 0 spiro atoms. The third kappa shape index (κ3) is 10.5. The van der Waals surface area contributed by atoms with Gasteiger partial charge in [0.05, 0.1) is 12.6 Å². The SMILES string of the molecule is CC(C)Cc1cc(C(=O)N2CCCNC(=O)Cn3nc(-c4ccccc4)nc3[C@H](C)NC(=O)[C@@H](CC(C)C)NC(=O)[C@@H](C)NC(=O)C2)n[nH]1. The van der Waals surface area contributed by atoms with Crippen LogP contribution >= 0.6 is 0 Å². The van der Waals surface area contributed by atoms with Crippen LogP contribution < -0.4 is 21.3 Å². The Morgan fingerprint density at radius 3 is 2.33 bits per heavy atom. The second-order valence-electron chi connectivity index (χ2n) is 13.3. The van der Waals surface area contributed by atoms with Gasteiger partial charge in [-0.3, -0.25) is 29.1 Å². The number of aromatic nitrogens is 5. The maximum Gasteiger partial charge on any atom is 0.274 e. The molecule has 3 heterocycles. The molecule has 3 aromatic rings. The average Bonchev–Trinajstić information content (AvgIpc) is 3.68. The summed E-state index contributed by atoms with van der Waals surface area (Å²) in [6, 6.07) is 8.39. The lowest BCUT2D eigenvalue weighted by Crippen LogP contribution is -2.54. The molecule has 0 aliphatic carbocycles. The van der Waals surface area contributed by atoms with E-state index in [0.29, 0.717) is 36.8 Å². The number of amides is 5. The van der Waals surface area contributed by atoms with Crippen molar-refractivity contribution >= 4 is 29.5 Å². The number of aromatic amines is 1. The predicted octanol–water partition coefficient (Wildman–Crippen LogP) is 1.74. The number of benzene rings is 1. The van der Waals surface area contributed by atoms with E-state index in [1.807, 2.05) is 44.2 Å². The van der Waals surface area contributed by atoms with Gasteiger partial charge in [0.2, 0.25) is 23.6 Å². The van der Waals surface area contributed by atoms with Crippen molar-refractivity contribution in [3.8, 4) is 11.4 Å². The summed E-state index contributed by atoms with van der Waals surface area (Å²) < 4.78 is 1.46. The van der Waals surface area contributed by atoms with Crippen molar-refractivity contribution < 1.29 is 24.0 Å². The number of hydrogen-bond donors (Lipinski definition) is 5. The van der Waals surface area contributed by atoms with Crippen molar-refractivity contribution in [2.24, 2.45) is 11.8 Å². The van der Waals surface area contributed by atoms with Crippen molar-refractivity contribution in [2.45, 2.75) is 85.5 Å². The summed E-state index contributed by atoms with van der Waals surface area (Å²) in [6.07, 6.45) is 1.38. The van der Waals surface area contributed by atoms with Gasteiger partial charge in [0.25, 0.3) is 5.91 Å². The largest absolute Gasteiger partial charge is 0.354 e. The van der Waals surface area contributed by atoms with Gasteiger partial charge in [0.1, 0.15) is 30.1 Å². The summed E-state index contributed by atoms with van der Waals surface area (Å²) in [5.41, 5.74) is 1.71. The number of nitrogens with zero attached hydrogens (tertiary/aromatic N) is 5. The van der Waals surface area contributed by atoms with E-state index in [2.05, 4.69) is 55.4 Å². The molecule has 0 saturated heterocycles. The Labute approximate surface area is 286 Å². The summed E-state index contributed by atoms with van der Waals surface area (Å²) in [5.74, 6) is -1.19. The number of H-pyrrole nitrogens is 1. The molecule has 0 fully saturated rings. The molecule has 0 unspecified atom stereocenters. The highest BCUT2D eigenvalue weighted by atomic mass is 16.2. The molecule has 1 aliphatic rings.